The van der Waals surface area contributed by atoms with Crippen molar-refractivity contribution in [3.05, 3.63) is 39.7 Å². The Labute approximate surface area is 165 Å². The fourth-order valence-corrected chi connectivity index (χ4v) is 3.88. The quantitative estimate of drug-likeness (QED) is 0.673. The summed E-state index contributed by atoms with van der Waals surface area (Å²) in [5.41, 5.74) is 1.90. The number of benzene rings is 1. The molecule has 2 aliphatic heterocycles. The molecule has 146 valence electrons. The number of halogens is 1. The van der Waals surface area contributed by atoms with Crippen LogP contribution in [-0.2, 0) is 9.47 Å². The molecule has 2 aliphatic rings. The van der Waals surface area contributed by atoms with Crippen LogP contribution in [0, 0.1) is 13.5 Å². The summed E-state index contributed by atoms with van der Waals surface area (Å²) >= 11 is 6.13. The van der Waals surface area contributed by atoms with Gasteiger partial charge < -0.3 is 14.4 Å². The molecule has 6 nitrogen and oxygen atoms in total. The Morgan fingerprint density at radius 2 is 2.07 bits per heavy atom. The summed E-state index contributed by atoms with van der Waals surface area (Å²) < 4.78 is 11.6. The van der Waals surface area contributed by atoms with Crippen LogP contribution in [0.3, 0.4) is 0 Å². The molecule has 0 N–H and O–H groups in total. The molecule has 0 aromatic heterocycles. The van der Waals surface area contributed by atoms with Crippen molar-refractivity contribution in [3.63, 3.8) is 0 Å². The monoisotopic (exact) mass is 391 g/mol. The first kappa shape index (κ1) is 19.9. The Morgan fingerprint density at radius 1 is 1.33 bits per heavy atom. The molecule has 0 spiro atoms. The Kier molecular flexibility index (Phi) is 5.66. The number of carbonyl (C=O) groups excluding carboxylic acids is 1. The molecule has 2 fully saturated rings. The van der Waals surface area contributed by atoms with Gasteiger partial charge >= 0.3 is 6.09 Å². The van der Waals surface area contributed by atoms with Gasteiger partial charge in [0.05, 0.1) is 25.3 Å². The van der Waals surface area contributed by atoms with Crippen LogP contribution < -0.4 is 0 Å². The number of amides is 1. The van der Waals surface area contributed by atoms with E-state index in [4.69, 9.17) is 27.6 Å². The summed E-state index contributed by atoms with van der Waals surface area (Å²) in [5.74, 6) is 0. The van der Waals surface area contributed by atoms with Crippen LogP contribution in [0.1, 0.15) is 38.0 Å². The number of hydrogen-bond acceptors (Lipinski definition) is 4. The van der Waals surface area contributed by atoms with Crippen molar-refractivity contribution < 1.29 is 14.3 Å². The molecule has 0 unspecified atom stereocenters. The zero-order valence-corrected chi connectivity index (χ0v) is 17.0. The van der Waals surface area contributed by atoms with Crippen LogP contribution in [0.4, 0.5) is 10.5 Å². The molecule has 2 atom stereocenters. The van der Waals surface area contributed by atoms with Gasteiger partial charge in [-0.15, -0.1) is 0 Å². The van der Waals surface area contributed by atoms with Crippen molar-refractivity contribution in [2.45, 2.75) is 45.4 Å². The lowest BCUT2D eigenvalue weighted by molar-refractivity contribution is -0.0907. The molecule has 0 radical (unpaired) electrons. The first-order valence-electron chi connectivity index (χ1n) is 9.19. The first-order valence-corrected chi connectivity index (χ1v) is 9.57. The molecular formula is C20H26ClN3O3. The Morgan fingerprint density at radius 3 is 2.74 bits per heavy atom. The molecule has 1 aromatic carbocycles. The number of piperazine rings is 1. The van der Waals surface area contributed by atoms with Crippen molar-refractivity contribution >= 4 is 23.4 Å². The first-order chi connectivity index (χ1) is 12.7. The number of rotatable bonds is 1. The van der Waals surface area contributed by atoms with Gasteiger partial charge in [-0.2, -0.15) is 0 Å². The molecular weight excluding hydrogens is 366 g/mol. The zero-order valence-electron chi connectivity index (χ0n) is 16.3. The normalized spacial score (nSPS) is 23.5. The summed E-state index contributed by atoms with van der Waals surface area (Å²) in [4.78, 5) is 20.0. The molecule has 2 saturated heterocycles. The van der Waals surface area contributed by atoms with E-state index in [0.717, 1.165) is 24.2 Å². The predicted molar refractivity (Wildman–Crippen MR) is 104 cm³/mol. The minimum atomic E-state index is -0.491. The van der Waals surface area contributed by atoms with Crippen molar-refractivity contribution in [3.8, 4) is 0 Å². The molecule has 0 aliphatic carbocycles. The van der Waals surface area contributed by atoms with Crippen molar-refractivity contribution in [1.29, 1.82) is 0 Å². The minimum Gasteiger partial charge on any atom is -0.444 e. The molecule has 7 heteroatoms. The van der Waals surface area contributed by atoms with E-state index in [-0.39, 0.29) is 18.2 Å². The molecule has 1 amide bonds. The maximum absolute atomic E-state index is 12.3. The fraction of sp³-hybridized carbons (Fsp3) is 0.600. The number of nitrogens with zero attached hydrogens (tertiary/aromatic N) is 3. The second-order valence-electron chi connectivity index (χ2n) is 8.12. The number of hydrogen-bond donors (Lipinski definition) is 0. The van der Waals surface area contributed by atoms with Crippen molar-refractivity contribution in [1.82, 2.24) is 9.80 Å². The Hall–Kier alpha value is -1.81. The summed E-state index contributed by atoms with van der Waals surface area (Å²) in [5, 5.41) is 0.478. The van der Waals surface area contributed by atoms with E-state index in [0.29, 0.717) is 30.4 Å². The smallest absolute Gasteiger partial charge is 0.410 e. The molecule has 3 rings (SSSR count). The minimum absolute atomic E-state index is 0.0907. The third kappa shape index (κ3) is 4.37. The number of carbonyl (C=O) groups is 1. The Balaban J connectivity index is 1.67. The highest BCUT2D eigenvalue weighted by molar-refractivity contribution is 6.33. The number of morpholine rings is 1. The van der Waals surface area contributed by atoms with Gasteiger partial charge in [0, 0.05) is 31.2 Å². The van der Waals surface area contributed by atoms with E-state index in [1.165, 1.54) is 0 Å². The predicted octanol–water partition coefficient (Wildman–Crippen LogP) is 4.19. The highest BCUT2D eigenvalue weighted by atomic mass is 35.5. The molecule has 27 heavy (non-hydrogen) atoms. The van der Waals surface area contributed by atoms with E-state index in [2.05, 4.69) is 9.74 Å². The summed E-state index contributed by atoms with van der Waals surface area (Å²) in [6.45, 7) is 18.2. The standard InChI is InChI=1S/C20H26ClN3O3/c1-13-15(6-7-16(21)18(13)22-5)17-11-23-8-9-24(10-14(23)12-26-17)19(25)27-20(2,3)4/h6-7,14,17H,8-12H2,1-4H3/t14-,17+/m0/s1. The lowest BCUT2D eigenvalue weighted by Crippen LogP contribution is -2.60. The maximum atomic E-state index is 12.3. The number of fused-ring (bicyclic) bond motifs is 1. The summed E-state index contributed by atoms with van der Waals surface area (Å²) in [7, 11) is 0. The summed E-state index contributed by atoms with van der Waals surface area (Å²) in [6, 6.07) is 3.89. The van der Waals surface area contributed by atoms with Crippen molar-refractivity contribution in [2.24, 2.45) is 0 Å². The van der Waals surface area contributed by atoms with E-state index < -0.39 is 5.60 Å². The molecule has 0 bridgehead atoms. The van der Waals surface area contributed by atoms with Crippen LogP contribution in [0.5, 0.6) is 0 Å². The van der Waals surface area contributed by atoms with E-state index in [1.54, 1.807) is 11.0 Å². The van der Waals surface area contributed by atoms with Crippen LogP contribution in [0.2, 0.25) is 5.02 Å². The van der Waals surface area contributed by atoms with E-state index in [1.807, 2.05) is 33.8 Å². The molecule has 2 heterocycles. The Bertz CT molecular complexity index is 769. The van der Waals surface area contributed by atoms with Gasteiger partial charge in [0.25, 0.3) is 0 Å². The highest BCUT2D eigenvalue weighted by Gasteiger charge is 2.37. The van der Waals surface area contributed by atoms with Crippen molar-refractivity contribution in [2.75, 3.05) is 32.8 Å². The van der Waals surface area contributed by atoms with Crippen LogP contribution in [0.15, 0.2) is 12.1 Å². The SMILES string of the molecule is [C-]#[N+]c1c(Cl)ccc([C@H]2CN3CCN(C(=O)OC(C)(C)C)C[C@H]3CO2)c1C. The maximum Gasteiger partial charge on any atom is 0.410 e. The third-order valence-electron chi connectivity index (χ3n) is 5.03. The van der Waals surface area contributed by atoms with Gasteiger partial charge in [-0.1, -0.05) is 23.7 Å². The topological polar surface area (TPSA) is 46.4 Å². The average Bonchev–Trinajstić information content (AvgIpc) is 2.60. The third-order valence-corrected chi connectivity index (χ3v) is 5.33. The highest BCUT2D eigenvalue weighted by Crippen LogP contribution is 2.36. The van der Waals surface area contributed by atoms with Crippen LogP contribution in [0.25, 0.3) is 4.85 Å². The van der Waals surface area contributed by atoms with E-state index in [9.17, 15) is 4.79 Å². The lowest BCUT2D eigenvalue weighted by Gasteiger charge is -2.46. The van der Waals surface area contributed by atoms with Crippen LogP contribution in [-0.4, -0.2) is 60.3 Å². The largest absolute Gasteiger partial charge is 0.444 e. The van der Waals surface area contributed by atoms with Gasteiger partial charge in [0.1, 0.15) is 5.60 Å². The second kappa shape index (κ2) is 7.67. The average molecular weight is 392 g/mol. The fourth-order valence-electron chi connectivity index (χ4n) is 3.63. The van der Waals surface area contributed by atoms with Gasteiger partial charge in [-0.05, 0) is 38.8 Å². The van der Waals surface area contributed by atoms with Crippen LogP contribution >= 0.6 is 11.6 Å². The second-order valence-corrected chi connectivity index (χ2v) is 8.53. The zero-order chi connectivity index (χ0) is 19.8. The van der Waals surface area contributed by atoms with Gasteiger partial charge in [0.15, 0.2) is 0 Å². The van der Waals surface area contributed by atoms with E-state index >= 15 is 0 Å². The molecule has 1 aromatic rings. The van der Waals surface area contributed by atoms with Gasteiger partial charge in [-0.25, -0.2) is 9.64 Å². The van der Waals surface area contributed by atoms with Gasteiger partial charge in [0.2, 0.25) is 5.69 Å². The number of ether oxygens (including phenoxy) is 2. The van der Waals surface area contributed by atoms with Gasteiger partial charge in [-0.3, -0.25) is 4.90 Å². The molecule has 0 saturated carbocycles. The summed E-state index contributed by atoms with van der Waals surface area (Å²) in [6.07, 6.45) is -0.355. The lowest BCUT2D eigenvalue weighted by atomic mass is 9.98.